The second-order valence-electron chi connectivity index (χ2n) is 9.08. The van der Waals surface area contributed by atoms with E-state index in [0.29, 0.717) is 0 Å². The van der Waals surface area contributed by atoms with Crippen molar-refractivity contribution in [3.05, 3.63) is 133 Å². The van der Waals surface area contributed by atoms with Gasteiger partial charge in [-0.3, -0.25) is 0 Å². The van der Waals surface area contributed by atoms with Crippen LogP contribution in [0.3, 0.4) is 0 Å². The molecule has 7 aromatic rings. The quantitative estimate of drug-likeness (QED) is 0.245. The van der Waals surface area contributed by atoms with Crippen LogP contribution in [0.2, 0.25) is 0 Å². The van der Waals surface area contributed by atoms with Crippen molar-refractivity contribution < 1.29 is 0 Å². The van der Waals surface area contributed by atoms with Crippen LogP contribution in [0, 0.1) is 0 Å². The first-order valence-electron chi connectivity index (χ1n) is 12.3. The molecule has 37 heavy (non-hydrogen) atoms. The summed E-state index contributed by atoms with van der Waals surface area (Å²) in [4.78, 5) is 10.0. The molecule has 0 aliphatic carbocycles. The molecule has 0 aliphatic rings. The molecule has 0 fully saturated rings. The Morgan fingerprint density at radius 2 is 0.919 bits per heavy atom. The van der Waals surface area contributed by atoms with E-state index in [0.717, 1.165) is 33.9 Å². The fourth-order valence-corrected chi connectivity index (χ4v) is 5.95. The highest BCUT2D eigenvalue weighted by Gasteiger charge is 2.13. The molecule has 0 amide bonds. The third-order valence-corrected chi connectivity index (χ3v) is 7.85. The van der Waals surface area contributed by atoms with Crippen molar-refractivity contribution in [3.63, 3.8) is 0 Å². The lowest BCUT2D eigenvalue weighted by Gasteiger charge is -2.10. The Kier molecular flexibility index (Phi) is 5.34. The van der Waals surface area contributed by atoms with Gasteiger partial charge in [0.25, 0.3) is 0 Å². The highest BCUT2D eigenvalue weighted by Crippen LogP contribution is 2.37. The second kappa shape index (κ2) is 9.12. The Balaban J connectivity index is 1.36. The lowest BCUT2D eigenvalue weighted by molar-refractivity contribution is 1.18. The Morgan fingerprint density at radius 3 is 1.68 bits per heavy atom. The first-order valence-corrected chi connectivity index (χ1v) is 13.2. The van der Waals surface area contributed by atoms with Gasteiger partial charge in [0.05, 0.1) is 11.4 Å². The van der Waals surface area contributed by atoms with E-state index in [1.165, 1.54) is 31.3 Å². The second-order valence-corrected chi connectivity index (χ2v) is 10.2. The van der Waals surface area contributed by atoms with Gasteiger partial charge < -0.3 is 0 Å². The monoisotopic (exact) mass is 490 g/mol. The molecule has 3 heteroatoms. The maximum atomic E-state index is 5.06. The maximum Gasteiger partial charge on any atom is 0.160 e. The minimum absolute atomic E-state index is 0.729. The first kappa shape index (κ1) is 21.7. The molecule has 0 spiro atoms. The molecule has 5 aromatic carbocycles. The van der Waals surface area contributed by atoms with E-state index < -0.39 is 0 Å². The van der Waals surface area contributed by atoms with Crippen LogP contribution in [-0.4, -0.2) is 9.97 Å². The van der Waals surface area contributed by atoms with Crippen LogP contribution in [0.1, 0.15) is 0 Å². The third-order valence-electron chi connectivity index (χ3n) is 6.72. The fraction of sp³-hybridized carbons (Fsp3) is 0. The van der Waals surface area contributed by atoms with Crippen LogP contribution >= 0.6 is 11.3 Å². The van der Waals surface area contributed by atoms with Crippen molar-refractivity contribution >= 4 is 31.5 Å². The van der Waals surface area contributed by atoms with Crippen LogP contribution in [0.25, 0.3) is 65.2 Å². The molecule has 7 rings (SSSR count). The van der Waals surface area contributed by atoms with Gasteiger partial charge in [0, 0.05) is 36.9 Å². The van der Waals surface area contributed by atoms with Gasteiger partial charge in [0.15, 0.2) is 5.82 Å². The Bertz CT molecular complexity index is 1850. The molecular weight excluding hydrogens is 468 g/mol. The summed E-state index contributed by atoms with van der Waals surface area (Å²) in [7, 11) is 0. The zero-order valence-electron chi connectivity index (χ0n) is 20.0. The van der Waals surface area contributed by atoms with Crippen LogP contribution in [0.15, 0.2) is 133 Å². The summed E-state index contributed by atoms with van der Waals surface area (Å²) in [6.07, 6.45) is 0. The molecule has 2 nitrogen and oxygen atoms in total. The molecule has 0 aliphatic heterocycles. The van der Waals surface area contributed by atoms with Gasteiger partial charge in [0.1, 0.15) is 0 Å². The summed E-state index contributed by atoms with van der Waals surface area (Å²) < 4.78 is 2.58. The maximum absolute atomic E-state index is 5.06. The van der Waals surface area contributed by atoms with Crippen LogP contribution in [0.4, 0.5) is 0 Å². The van der Waals surface area contributed by atoms with Crippen molar-refractivity contribution in [1.29, 1.82) is 0 Å². The Labute approximate surface area is 219 Å². The van der Waals surface area contributed by atoms with Crippen LogP contribution < -0.4 is 0 Å². The van der Waals surface area contributed by atoms with Gasteiger partial charge in [-0.2, -0.15) is 0 Å². The topological polar surface area (TPSA) is 25.8 Å². The van der Waals surface area contributed by atoms with Crippen molar-refractivity contribution in [1.82, 2.24) is 9.97 Å². The standard InChI is InChI=1S/C34H22N2S/c1-3-9-23(10-4-1)24-15-17-26(18-16-24)34-35-30(25-11-5-2-6-12-25)22-31(36-34)27-19-20-29-28-13-7-8-14-32(28)37-33(29)21-27/h1-22H. The number of hydrogen-bond acceptors (Lipinski definition) is 3. The van der Waals surface area contributed by atoms with Gasteiger partial charge in [-0.15, -0.1) is 11.3 Å². The van der Waals surface area contributed by atoms with Crippen molar-refractivity contribution in [3.8, 4) is 45.0 Å². The van der Waals surface area contributed by atoms with Crippen LogP contribution in [-0.2, 0) is 0 Å². The van der Waals surface area contributed by atoms with E-state index in [-0.39, 0.29) is 0 Å². The Morgan fingerprint density at radius 1 is 0.378 bits per heavy atom. The van der Waals surface area contributed by atoms with E-state index in [1.807, 2.05) is 23.5 Å². The van der Waals surface area contributed by atoms with Crippen molar-refractivity contribution in [2.24, 2.45) is 0 Å². The number of thiophene rings is 1. The highest BCUT2D eigenvalue weighted by atomic mass is 32.1. The molecular formula is C34H22N2S. The van der Waals surface area contributed by atoms with E-state index in [1.54, 1.807) is 0 Å². The molecule has 0 saturated carbocycles. The molecule has 2 heterocycles. The molecule has 0 bridgehead atoms. The number of nitrogens with zero attached hydrogens (tertiary/aromatic N) is 2. The molecule has 2 aromatic heterocycles. The average Bonchev–Trinajstić information content (AvgIpc) is 3.36. The summed E-state index contributed by atoms with van der Waals surface area (Å²) in [5, 5.41) is 2.60. The Hall–Kier alpha value is -4.60. The summed E-state index contributed by atoms with van der Waals surface area (Å²) >= 11 is 1.83. The van der Waals surface area contributed by atoms with Gasteiger partial charge in [0.2, 0.25) is 0 Å². The summed E-state index contributed by atoms with van der Waals surface area (Å²) in [6.45, 7) is 0. The minimum Gasteiger partial charge on any atom is -0.228 e. The number of rotatable bonds is 4. The number of fused-ring (bicyclic) bond motifs is 3. The zero-order valence-corrected chi connectivity index (χ0v) is 20.8. The summed E-state index contributed by atoms with van der Waals surface area (Å²) in [5.74, 6) is 0.729. The zero-order chi connectivity index (χ0) is 24.6. The molecule has 0 saturated heterocycles. The molecule has 0 radical (unpaired) electrons. The largest absolute Gasteiger partial charge is 0.228 e. The van der Waals surface area contributed by atoms with E-state index in [2.05, 4.69) is 121 Å². The van der Waals surface area contributed by atoms with Gasteiger partial charge >= 0.3 is 0 Å². The van der Waals surface area contributed by atoms with E-state index in [9.17, 15) is 0 Å². The highest BCUT2D eigenvalue weighted by molar-refractivity contribution is 7.25. The third kappa shape index (κ3) is 4.10. The van der Waals surface area contributed by atoms with E-state index in [4.69, 9.17) is 9.97 Å². The number of hydrogen-bond donors (Lipinski definition) is 0. The smallest absolute Gasteiger partial charge is 0.160 e. The molecule has 0 atom stereocenters. The van der Waals surface area contributed by atoms with Gasteiger partial charge in [-0.1, -0.05) is 115 Å². The average molecular weight is 491 g/mol. The van der Waals surface area contributed by atoms with Crippen LogP contribution in [0.5, 0.6) is 0 Å². The van der Waals surface area contributed by atoms with Gasteiger partial charge in [-0.25, -0.2) is 9.97 Å². The van der Waals surface area contributed by atoms with Crippen molar-refractivity contribution in [2.75, 3.05) is 0 Å². The first-order chi connectivity index (χ1) is 18.3. The summed E-state index contributed by atoms with van der Waals surface area (Å²) in [6, 6.07) is 46.7. The minimum atomic E-state index is 0.729. The lowest BCUT2D eigenvalue weighted by atomic mass is 10.0. The number of benzene rings is 5. The molecule has 174 valence electrons. The van der Waals surface area contributed by atoms with E-state index >= 15 is 0 Å². The normalized spacial score (nSPS) is 11.2. The SMILES string of the molecule is c1ccc(-c2ccc(-c3nc(-c4ccccc4)cc(-c4ccc5c(c4)sc4ccccc45)n3)cc2)cc1. The predicted octanol–water partition coefficient (Wildman–Crippen LogP) is 9.51. The van der Waals surface area contributed by atoms with Crippen molar-refractivity contribution in [2.45, 2.75) is 0 Å². The lowest BCUT2D eigenvalue weighted by Crippen LogP contribution is -1.96. The molecule has 0 N–H and O–H groups in total. The fourth-order valence-electron chi connectivity index (χ4n) is 4.81. The number of aromatic nitrogens is 2. The predicted molar refractivity (Wildman–Crippen MR) is 157 cm³/mol. The summed E-state index contributed by atoms with van der Waals surface area (Å²) in [5.41, 5.74) is 7.41. The van der Waals surface area contributed by atoms with Gasteiger partial charge in [-0.05, 0) is 29.3 Å². The molecule has 0 unspecified atom stereocenters.